The zero-order valence-electron chi connectivity index (χ0n) is 6.40. The second kappa shape index (κ2) is 3.77. The van der Waals surface area contributed by atoms with E-state index in [-0.39, 0.29) is 18.4 Å². The zero-order valence-corrected chi connectivity index (χ0v) is 6.40. The van der Waals surface area contributed by atoms with Gasteiger partial charge in [0, 0.05) is 6.42 Å². The number of nitrogens with two attached hydrogens (primary N) is 2. The van der Waals surface area contributed by atoms with Gasteiger partial charge in [-0.1, -0.05) is 5.21 Å². The van der Waals surface area contributed by atoms with Gasteiger partial charge in [0.2, 0.25) is 5.91 Å². The number of aromatic amines is 1. The molecule has 66 valence electrons. The van der Waals surface area contributed by atoms with Crippen LogP contribution in [0.2, 0.25) is 0 Å². The molecule has 5 N–H and O–H groups in total. The fourth-order valence-corrected chi connectivity index (χ4v) is 0.753. The maximum absolute atomic E-state index is 10.4. The summed E-state index contributed by atoms with van der Waals surface area (Å²) in [6.45, 7) is 0. The monoisotopic (exact) mass is 170 g/mol. The first-order valence-electron chi connectivity index (χ1n) is 3.47. The molecule has 0 saturated carbocycles. The number of carbonyl (C=O) groups excluding carboxylic acids is 1. The predicted molar refractivity (Wildman–Crippen MR) is 39.5 cm³/mol. The van der Waals surface area contributed by atoms with Crippen LogP contribution in [0.4, 0.5) is 0 Å². The van der Waals surface area contributed by atoms with Crippen LogP contribution in [0.15, 0.2) is 0 Å². The molecule has 0 aliphatic carbocycles. The molecule has 1 atom stereocenters. The molecule has 1 unspecified atom stereocenters. The highest BCUT2D eigenvalue weighted by atomic mass is 16.1. The van der Waals surface area contributed by atoms with E-state index in [4.69, 9.17) is 11.5 Å². The Bertz CT molecular complexity index is 244. The third-order valence-electron chi connectivity index (χ3n) is 1.40. The number of amides is 1. The molecule has 0 aliphatic rings. The fourth-order valence-electron chi connectivity index (χ4n) is 0.753. The lowest BCUT2D eigenvalue weighted by Crippen LogP contribution is -2.17. The first-order valence-corrected chi connectivity index (χ1v) is 3.47. The van der Waals surface area contributed by atoms with Crippen LogP contribution in [0, 0.1) is 0 Å². The number of aromatic nitrogens is 4. The number of hydrogen-bond acceptors (Lipinski definition) is 5. The van der Waals surface area contributed by atoms with E-state index in [1.807, 2.05) is 0 Å². The highest BCUT2D eigenvalue weighted by Gasteiger charge is 2.11. The lowest BCUT2D eigenvalue weighted by atomic mass is 10.1. The summed E-state index contributed by atoms with van der Waals surface area (Å²) in [5, 5.41) is 12.9. The van der Waals surface area contributed by atoms with Gasteiger partial charge < -0.3 is 11.5 Å². The van der Waals surface area contributed by atoms with E-state index in [0.717, 1.165) is 0 Å². The van der Waals surface area contributed by atoms with Gasteiger partial charge in [0.05, 0.1) is 6.04 Å². The van der Waals surface area contributed by atoms with Crippen LogP contribution in [-0.4, -0.2) is 26.5 Å². The Balaban J connectivity index is 2.39. The normalized spacial score (nSPS) is 12.8. The number of H-pyrrole nitrogens is 1. The van der Waals surface area contributed by atoms with Gasteiger partial charge in [0.15, 0.2) is 5.82 Å². The molecule has 12 heavy (non-hydrogen) atoms. The van der Waals surface area contributed by atoms with Crippen LogP contribution in [0.1, 0.15) is 24.7 Å². The second-order valence-corrected chi connectivity index (χ2v) is 2.38. The number of rotatable bonds is 4. The average molecular weight is 170 g/mol. The van der Waals surface area contributed by atoms with Gasteiger partial charge in [0.25, 0.3) is 0 Å². The number of primary amides is 1. The molecular formula is C5H10N6O. The van der Waals surface area contributed by atoms with Gasteiger partial charge >= 0.3 is 0 Å². The number of tetrazole rings is 1. The van der Waals surface area contributed by atoms with Crippen molar-refractivity contribution in [1.82, 2.24) is 20.6 Å². The van der Waals surface area contributed by atoms with Crippen LogP contribution in [0.3, 0.4) is 0 Å². The van der Waals surface area contributed by atoms with Crippen LogP contribution < -0.4 is 11.5 Å². The molecule has 0 bridgehead atoms. The van der Waals surface area contributed by atoms with Crippen molar-refractivity contribution in [3.05, 3.63) is 5.82 Å². The molecule has 1 rings (SSSR count). The van der Waals surface area contributed by atoms with Crippen LogP contribution in [0.25, 0.3) is 0 Å². The van der Waals surface area contributed by atoms with E-state index in [0.29, 0.717) is 12.2 Å². The molecule has 1 heterocycles. The molecule has 1 aromatic rings. The Hall–Kier alpha value is -1.50. The molecule has 1 amide bonds. The van der Waals surface area contributed by atoms with E-state index < -0.39 is 0 Å². The molecule has 0 radical (unpaired) electrons. The number of nitrogens with one attached hydrogen (secondary N) is 1. The molecule has 0 aliphatic heterocycles. The maximum atomic E-state index is 10.4. The van der Waals surface area contributed by atoms with E-state index in [9.17, 15) is 4.79 Å². The minimum absolute atomic E-state index is 0.232. The summed E-state index contributed by atoms with van der Waals surface area (Å²) in [7, 11) is 0. The van der Waals surface area contributed by atoms with Crippen molar-refractivity contribution < 1.29 is 4.79 Å². The summed E-state index contributed by atoms with van der Waals surface area (Å²) >= 11 is 0. The summed E-state index contributed by atoms with van der Waals surface area (Å²) in [6.07, 6.45) is 0.671. The minimum Gasteiger partial charge on any atom is -0.370 e. The Morgan fingerprint density at radius 3 is 2.92 bits per heavy atom. The molecule has 0 fully saturated rings. The van der Waals surface area contributed by atoms with E-state index in [2.05, 4.69) is 20.6 Å². The molecule has 0 aromatic carbocycles. The lowest BCUT2D eigenvalue weighted by Gasteiger charge is -2.03. The first-order chi connectivity index (χ1) is 5.70. The Labute approximate surface area is 68.5 Å². The molecule has 0 spiro atoms. The molecular weight excluding hydrogens is 160 g/mol. The highest BCUT2D eigenvalue weighted by molar-refractivity contribution is 5.73. The molecule has 0 saturated heterocycles. The Kier molecular flexibility index (Phi) is 2.70. The standard InChI is InChI=1S/C5H10N6O/c6-3(1-2-4(7)12)5-8-10-11-9-5/h3H,1-2,6H2,(H2,7,12)(H,8,9,10,11). The quantitative estimate of drug-likeness (QED) is 0.505. The van der Waals surface area contributed by atoms with Crippen molar-refractivity contribution in [3.63, 3.8) is 0 Å². The van der Waals surface area contributed by atoms with Gasteiger partial charge in [-0.15, -0.1) is 10.2 Å². The van der Waals surface area contributed by atoms with E-state index >= 15 is 0 Å². The third-order valence-corrected chi connectivity index (χ3v) is 1.40. The maximum Gasteiger partial charge on any atom is 0.217 e. The number of hydrogen-bond donors (Lipinski definition) is 3. The molecule has 1 aromatic heterocycles. The minimum atomic E-state index is -0.381. The van der Waals surface area contributed by atoms with Gasteiger partial charge in [-0.3, -0.25) is 4.79 Å². The van der Waals surface area contributed by atoms with Gasteiger partial charge in [-0.25, -0.2) is 0 Å². The van der Waals surface area contributed by atoms with Crippen molar-refractivity contribution >= 4 is 5.91 Å². The topological polar surface area (TPSA) is 124 Å². The summed E-state index contributed by atoms with van der Waals surface area (Å²) in [4.78, 5) is 10.4. The fraction of sp³-hybridized carbons (Fsp3) is 0.600. The zero-order chi connectivity index (χ0) is 8.97. The predicted octanol–water partition coefficient (Wildman–Crippen LogP) is -1.53. The highest BCUT2D eigenvalue weighted by Crippen LogP contribution is 2.08. The summed E-state index contributed by atoms with van der Waals surface area (Å²) < 4.78 is 0. The smallest absolute Gasteiger partial charge is 0.217 e. The summed E-state index contributed by atoms with van der Waals surface area (Å²) in [5.41, 5.74) is 10.5. The Morgan fingerprint density at radius 2 is 2.42 bits per heavy atom. The lowest BCUT2D eigenvalue weighted by molar-refractivity contribution is -0.118. The first kappa shape index (κ1) is 8.60. The number of carbonyl (C=O) groups is 1. The van der Waals surface area contributed by atoms with Gasteiger partial charge in [0.1, 0.15) is 0 Å². The van der Waals surface area contributed by atoms with Gasteiger partial charge in [-0.2, -0.15) is 5.21 Å². The van der Waals surface area contributed by atoms with Crippen LogP contribution in [0.5, 0.6) is 0 Å². The largest absolute Gasteiger partial charge is 0.370 e. The van der Waals surface area contributed by atoms with E-state index in [1.54, 1.807) is 0 Å². The molecule has 7 nitrogen and oxygen atoms in total. The van der Waals surface area contributed by atoms with Gasteiger partial charge in [-0.05, 0) is 6.42 Å². The average Bonchev–Trinajstić information content (AvgIpc) is 2.51. The second-order valence-electron chi connectivity index (χ2n) is 2.38. The van der Waals surface area contributed by atoms with Crippen LogP contribution >= 0.6 is 0 Å². The van der Waals surface area contributed by atoms with Crippen molar-refractivity contribution in [1.29, 1.82) is 0 Å². The molecule has 7 heteroatoms. The SMILES string of the molecule is NC(=O)CCC(N)c1nn[nH]n1. The van der Waals surface area contributed by atoms with Crippen LogP contribution in [-0.2, 0) is 4.79 Å². The third kappa shape index (κ3) is 2.27. The Morgan fingerprint density at radius 1 is 1.67 bits per heavy atom. The number of nitrogens with zero attached hydrogens (tertiary/aromatic N) is 3. The van der Waals surface area contributed by atoms with Crippen molar-refractivity contribution in [2.45, 2.75) is 18.9 Å². The van der Waals surface area contributed by atoms with Crippen molar-refractivity contribution in [2.24, 2.45) is 11.5 Å². The van der Waals surface area contributed by atoms with Crippen molar-refractivity contribution in [2.75, 3.05) is 0 Å². The summed E-state index contributed by atoms with van der Waals surface area (Å²) in [5.74, 6) is 0.0187. The van der Waals surface area contributed by atoms with Crippen molar-refractivity contribution in [3.8, 4) is 0 Å². The van der Waals surface area contributed by atoms with E-state index in [1.165, 1.54) is 0 Å². The summed E-state index contributed by atoms with van der Waals surface area (Å²) in [6, 6.07) is -0.378.